The third-order valence-corrected chi connectivity index (χ3v) is 4.12. The van der Waals surface area contributed by atoms with Crippen molar-refractivity contribution in [1.29, 1.82) is 0 Å². The molecule has 2 aromatic carbocycles. The molecular weight excluding hydrogens is 262 g/mol. The van der Waals surface area contributed by atoms with E-state index in [1.807, 2.05) is 12.1 Å². The molecule has 1 atom stereocenters. The second-order valence-corrected chi connectivity index (χ2v) is 5.64. The number of hydrogen-bond acceptors (Lipinski definition) is 4. The van der Waals surface area contributed by atoms with Gasteiger partial charge in [0.2, 0.25) is 0 Å². The van der Waals surface area contributed by atoms with Crippen LogP contribution in [-0.4, -0.2) is 25.7 Å². The Morgan fingerprint density at radius 2 is 2.00 bits per heavy atom. The molecule has 2 aromatic rings. The van der Waals surface area contributed by atoms with E-state index < -0.39 is 0 Å². The maximum atomic E-state index is 9.73. The number of hydrogen-bond donors (Lipinski definition) is 2. The average molecular weight is 283 g/mol. The first-order valence-corrected chi connectivity index (χ1v) is 7.16. The predicted molar refractivity (Wildman–Crippen MR) is 86.9 cm³/mol. The molecule has 3 N–H and O–H groups in total. The summed E-state index contributed by atoms with van der Waals surface area (Å²) in [5.41, 5.74) is 10.9. The number of anilines is 2. The molecule has 0 aromatic heterocycles. The molecule has 0 spiro atoms. The fourth-order valence-corrected chi connectivity index (χ4v) is 3.14. The zero-order valence-electron chi connectivity index (χ0n) is 12.5. The lowest BCUT2D eigenvalue weighted by atomic mass is 10.0. The van der Waals surface area contributed by atoms with Gasteiger partial charge >= 0.3 is 0 Å². The zero-order chi connectivity index (χ0) is 15.0. The van der Waals surface area contributed by atoms with Crippen molar-refractivity contribution in [2.45, 2.75) is 12.6 Å². The predicted octanol–water partition coefficient (Wildman–Crippen LogP) is 2.48. The Hall–Kier alpha value is -2.20. The van der Waals surface area contributed by atoms with Gasteiger partial charge in [-0.05, 0) is 23.8 Å². The number of fused-ring (bicyclic) bond motifs is 1. The number of rotatable bonds is 3. The molecule has 1 aliphatic rings. The minimum Gasteiger partial charge on any atom is -0.508 e. The molecule has 0 aliphatic carbocycles. The fraction of sp³-hybridized carbons (Fsp3) is 0.294. The van der Waals surface area contributed by atoms with Crippen LogP contribution >= 0.6 is 0 Å². The summed E-state index contributed by atoms with van der Waals surface area (Å²) in [5, 5.41) is 9.73. The Balaban J connectivity index is 2.05. The molecule has 0 fully saturated rings. The average Bonchev–Trinajstić information content (AvgIpc) is 2.85. The van der Waals surface area contributed by atoms with E-state index in [4.69, 9.17) is 5.73 Å². The van der Waals surface area contributed by atoms with Gasteiger partial charge < -0.3 is 20.6 Å². The monoisotopic (exact) mass is 283 g/mol. The maximum Gasteiger partial charge on any atom is 0.117 e. The molecule has 0 bridgehead atoms. The van der Waals surface area contributed by atoms with E-state index in [9.17, 15) is 5.11 Å². The van der Waals surface area contributed by atoms with Gasteiger partial charge in [-0.25, -0.2) is 0 Å². The topological polar surface area (TPSA) is 52.7 Å². The summed E-state index contributed by atoms with van der Waals surface area (Å²) in [6.45, 7) is 1.37. The number of benzene rings is 2. The van der Waals surface area contributed by atoms with Crippen LogP contribution in [0, 0.1) is 0 Å². The van der Waals surface area contributed by atoms with E-state index in [2.05, 4.69) is 42.1 Å². The van der Waals surface area contributed by atoms with Crippen LogP contribution in [0.15, 0.2) is 42.5 Å². The molecule has 4 heteroatoms. The third-order valence-electron chi connectivity index (χ3n) is 4.12. The summed E-state index contributed by atoms with van der Waals surface area (Å²) >= 11 is 0. The van der Waals surface area contributed by atoms with Gasteiger partial charge in [0.05, 0.1) is 6.04 Å². The van der Waals surface area contributed by atoms with E-state index in [0.29, 0.717) is 6.54 Å². The maximum absolute atomic E-state index is 9.73. The number of phenolic OH excluding ortho intramolecular Hbond substituents is 1. The van der Waals surface area contributed by atoms with Crippen molar-refractivity contribution < 1.29 is 5.11 Å². The molecule has 1 aliphatic heterocycles. The van der Waals surface area contributed by atoms with Crippen LogP contribution in [0.2, 0.25) is 0 Å². The van der Waals surface area contributed by atoms with Crippen LogP contribution in [0.25, 0.3) is 0 Å². The summed E-state index contributed by atoms with van der Waals surface area (Å²) in [4.78, 5) is 4.40. The molecule has 0 amide bonds. The minimum absolute atomic E-state index is 0.154. The molecule has 0 radical (unpaired) electrons. The van der Waals surface area contributed by atoms with Gasteiger partial charge in [-0.15, -0.1) is 0 Å². The number of nitrogens with zero attached hydrogens (tertiary/aromatic N) is 2. The highest BCUT2D eigenvalue weighted by Crippen LogP contribution is 2.41. The van der Waals surface area contributed by atoms with E-state index in [-0.39, 0.29) is 11.8 Å². The summed E-state index contributed by atoms with van der Waals surface area (Å²) in [6.07, 6.45) is 0. The van der Waals surface area contributed by atoms with Gasteiger partial charge in [-0.1, -0.05) is 18.2 Å². The van der Waals surface area contributed by atoms with Gasteiger partial charge in [-0.2, -0.15) is 0 Å². The van der Waals surface area contributed by atoms with Gasteiger partial charge in [0.25, 0.3) is 0 Å². The number of phenols is 1. The first kappa shape index (κ1) is 13.8. The Morgan fingerprint density at radius 3 is 2.67 bits per heavy atom. The largest absolute Gasteiger partial charge is 0.508 e. The molecule has 0 saturated heterocycles. The first-order chi connectivity index (χ1) is 10.1. The summed E-state index contributed by atoms with van der Waals surface area (Å²) in [7, 11) is 4.12. The van der Waals surface area contributed by atoms with Crippen molar-refractivity contribution in [3.8, 4) is 5.75 Å². The number of nitrogens with two attached hydrogens (primary N) is 1. The molecule has 4 nitrogen and oxygen atoms in total. The van der Waals surface area contributed by atoms with Crippen LogP contribution in [0.4, 0.5) is 11.4 Å². The van der Waals surface area contributed by atoms with Crippen molar-refractivity contribution in [2.24, 2.45) is 5.73 Å². The van der Waals surface area contributed by atoms with Crippen molar-refractivity contribution >= 4 is 11.4 Å². The van der Waals surface area contributed by atoms with E-state index in [1.165, 1.54) is 16.8 Å². The lowest BCUT2D eigenvalue weighted by molar-refractivity contribution is 0.475. The molecule has 1 heterocycles. The highest BCUT2D eigenvalue weighted by molar-refractivity contribution is 5.65. The SMILES string of the molecule is CN(C)c1cccc2c1CN(c1cccc(O)c1)C2CN. The van der Waals surface area contributed by atoms with Gasteiger partial charge in [-0.3, -0.25) is 0 Å². The lowest BCUT2D eigenvalue weighted by Crippen LogP contribution is -2.27. The summed E-state index contributed by atoms with van der Waals surface area (Å²) in [5.74, 6) is 0.284. The summed E-state index contributed by atoms with van der Waals surface area (Å²) in [6, 6.07) is 13.9. The fourth-order valence-electron chi connectivity index (χ4n) is 3.14. The summed E-state index contributed by atoms with van der Waals surface area (Å²) < 4.78 is 0. The van der Waals surface area contributed by atoms with Gasteiger partial charge in [0.15, 0.2) is 0 Å². The molecule has 110 valence electrons. The Labute approximate surface area is 125 Å². The van der Waals surface area contributed by atoms with E-state index in [1.54, 1.807) is 12.1 Å². The van der Waals surface area contributed by atoms with Gasteiger partial charge in [0, 0.05) is 50.2 Å². The highest BCUT2D eigenvalue weighted by Gasteiger charge is 2.31. The van der Waals surface area contributed by atoms with Crippen LogP contribution in [-0.2, 0) is 6.54 Å². The Morgan fingerprint density at radius 1 is 1.24 bits per heavy atom. The Bertz CT molecular complexity index is 654. The first-order valence-electron chi connectivity index (χ1n) is 7.16. The second kappa shape index (κ2) is 5.30. The van der Waals surface area contributed by atoms with E-state index in [0.717, 1.165) is 12.2 Å². The molecule has 1 unspecified atom stereocenters. The zero-order valence-corrected chi connectivity index (χ0v) is 12.5. The van der Waals surface area contributed by atoms with Crippen molar-refractivity contribution in [2.75, 3.05) is 30.4 Å². The van der Waals surface area contributed by atoms with Crippen molar-refractivity contribution in [3.05, 3.63) is 53.6 Å². The quantitative estimate of drug-likeness (QED) is 0.908. The Kier molecular flexibility index (Phi) is 3.47. The van der Waals surface area contributed by atoms with Crippen LogP contribution in [0.1, 0.15) is 17.2 Å². The standard InChI is InChI=1S/C17H21N3O/c1-19(2)16-8-4-7-14-15(16)11-20(17(14)10-18)12-5-3-6-13(21)9-12/h3-9,17,21H,10-11,18H2,1-2H3. The molecule has 21 heavy (non-hydrogen) atoms. The molecule has 0 saturated carbocycles. The lowest BCUT2D eigenvalue weighted by Gasteiger charge is -2.26. The van der Waals surface area contributed by atoms with Crippen molar-refractivity contribution in [1.82, 2.24) is 0 Å². The highest BCUT2D eigenvalue weighted by atomic mass is 16.3. The molecule has 3 rings (SSSR count). The van der Waals surface area contributed by atoms with Crippen LogP contribution < -0.4 is 15.5 Å². The smallest absolute Gasteiger partial charge is 0.117 e. The minimum atomic E-state index is 0.154. The molecular formula is C17H21N3O. The second-order valence-electron chi connectivity index (χ2n) is 5.64. The van der Waals surface area contributed by atoms with Crippen LogP contribution in [0.3, 0.4) is 0 Å². The van der Waals surface area contributed by atoms with Crippen molar-refractivity contribution in [3.63, 3.8) is 0 Å². The normalized spacial score (nSPS) is 16.9. The van der Waals surface area contributed by atoms with E-state index >= 15 is 0 Å². The van der Waals surface area contributed by atoms with Crippen LogP contribution in [0.5, 0.6) is 5.75 Å². The van der Waals surface area contributed by atoms with Gasteiger partial charge in [0.1, 0.15) is 5.75 Å². The third kappa shape index (κ3) is 2.32. The number of aromatic hydroxyl groups is 1.